The number of piperidine rings is 10. The minimum Gasteiger partial charge on any atom is -0.671 e. The largest absolute Gasteiger partial charge is 6.00 e. The monoisotopic (exact) mass is 1110 g/mol. The van der Waals surface area contributed by atoms with Crippen molar-refractivity contribution in [1.82, 2.24) is 0 Å². The van der Waals surface area contributed by atoms with Crippen LogP contribution in [0.15, 0.2) is 23.8 Å². The molecule has 11 rings (SSSR count). The Bertz CT molecular complexity index is 1060. The van der Waals surface area contributed by atoms with E-state index in [1.165, 1.54) is 180 Å². The van der Waals surface area contributed by atoms with E-state index < -0.39 is 0 Å². The van der Waals surface area contributed by atoms with Crippen LogP contribution in [0.5, 0.6) is 0 Å². The van der Waals surface area contributed by atoms with Crippen molar-refractivity contribution in [1.29, 1.82) is 0 Å². The van der Waals surface area contributed by atoms with Crippen molar-refractivity contribution in [2.24, 2.45) is 0 Å². The Morgan fingerprint density at radius 3 is 0.544 bits per heavy atom. The summed E-state index contributed by atoms with van der Waals surface area (Å²) in [5, 5.41) is 55.8. The molecule has 11 aliphatic rings. The summed E-state index contributed by atoms with van der Waals surface area (Å²) in [6.07, 6.45) is 42.7. The summed E-state index contributed by atoms with van der Waals surface area (Å²) in [7, 11) is 0. The van der Waals surface area contributed by atoms with E-state index in [0.717, 1.165) is 89.7 Å². The average molecular weight is 1110 g/mol. The van der Waals surface area contributed by atoms with Gasteiger partial charge in [0.05, 0.1) is 0 Å². The predicted octanol–water partition coefficient (Wildman–Crippen LogP) is 15.6. The Balaban J connectivity index is 0.000000159. The molecule has 12 nitrogen and oxygen atoms in total. The summed E-state index contributed by atoms with van der Waals surface area (Å²) in [6.45, 7) is 10.7. The van der Waals surface area contributed by atoms with Crippen molar-refractivity contribution >= 4 is 0 Å². The quantitative estimate of drug-likeness (QED) is 0.231. The molecule has 0 aromatic rings. The van der Waals surface area contributed by atoms with E-state index in [1.807, 2.05) is 0 Å². The van der Waals surface area contributed by atoms with E-state index in [4.69, 9.17) is 10.6 Å². The first-order chi connectivity index (χ1) is 32.8. The molecule has 68 heavy (non-hydrogen) atoms. The molecule has 0 saturated carbocycles. The first-order valence-corrected chi connectivity index (χ1v) is 28.3. The van der Waals surface area contributed by atoms with E-state index in [2.05, 4.69) is 53.2 Å². The van der Waals surface area contributed by atoms with Crippen molar-refractivity contribution in [2.75, 3.05) is 65.4 Å². The molecule has 0 amide bonds. The number of hydrogen-bond donors (Lipinski definition) is 0. The molecule has 10 unspecified atom stereocenters. The van der Waals surface area contributed by atoms with Crippen LogP contribution >= 0.6 is 0 Å². The fourth-order valence-electron chi connectivity index (χ4n) is 11.9. The van der Waals surface area contributed by atoms with E-state index in [9.17, 15) is 0 Å². The third kappa shape index (κ3) is 21.0. The number of nitrogens with zero attached hydrogens (tertiary/aromatic N) is 12. The average Bonchev–Trinajstić information content (AvgIpc) is 3.44. The van der Waals surface area contributed by atoms with Gasteiger partial charge in [-0.3, -0.25) is 0 Å². The molecule has 384 valence electrons. The van der Waals surface area contributed by atoms with Crippen molar-refractivity contribution < 1.29 is 39.0 Å². The topological polar surface area (TPSA) is 169 Å². The van der Waals surface area contributed by atoms with Gasteiger partial charge in [0.25, 0.3) is 0 Å². The van der Waals surface area contributed by atoms with Gasteiger partial charge >= 0.3 is 39.0 Å². The summed E-state index contributed by atoms with van der Waals surface area (Å²) in [6, 6.07) is 5.30. The van der Waals surface area contributed by atoms with Crippen LogP contribution in [-0.4, -0.2) is 126 Å². The molecule has 0 aliphatic carbocycles. The summed E-state index contributed by atoms with van der Waals surface area (Å²) >= 11 is 0. The molecule has 0 spiro atoms. The minimum atomic E-state index is 0. The molecular weight excluding hydrogens is 1020 g/mol. The second kappa shape index (κ2) is 36.0. The van der Waals surface area contributed by atoms with Crippen molar-refractivity contribution in [3.05, 3.63) is 87.6 Å². The van der Waals surface area contributed by atoms with E-state index in [0.29, 0.717) is 48.3 Å². The number of rotatable bonds is 6. The maximum absolute atomic E-state index is 4.71. The first kappa shape index (κ1) is 58.8. The van der Waals surface area contributed by atoms with Crippen LogP contribution in [0.4, 0.5) is 0 Å². The Morgan fingerprint density at radius 2 is 0.397 bits per heavy atom. The van der Waals surface area contributed by atoms with Crippen LogP contribution in [0.25, 0.3) is 63.8 Å². The van der Waals surface area contributed by atoms with Crippen molar-refractivity contribution in [3.8, 4) is 0 Å². The Kier molecular flexibility index (Phi) is 31.1. The van der Waals surface area contributed by atoms with Crippen LogP contribution in [0, 0.1) is 0 Å². The summed E-state index contributed by atoms with van der Waals surface area (Å²) in [5.41, 5.74) is 2.18. The second-order valence-electron chi connectivity index (χ2n) is 20.9. The normalized spacial score (nSPS) is 35.5. The molecule has 0 aromatic heterocycles. The zero-order valence-electron chi connectivity index (χ0n) is 42.3. The Labute approximate surface area is 442 Å². The zero-order valence-corrected chi connectivity index (χ0v) is 45.8. The minimum absolute atomic E-state index is 0. The molecule has 11 aliphatic heterocycles. The zero-order chi connectivity index (χ0) is 45.1. The predicted molar refractivity (Wildman–Crippen MR) is 282 cm³/mol. The smallest absolute Gasteiger partial charge is 0.671 e. The molecule has 10 fully saturated rings. The molecule has 10 atom stereocenters. The van der Waals surface area contributed by atoms with Crippen LogP contribution in [0.2, 0.25) is 0 Å². The summed E-state index contributed by atoms with van der Waals surface area (Å²) in [4.78, 5) is 0. The standard InChI is InChI=1S/C14H20N4.4C10H18N2.2Ru/c1-3-7-15-11(5-1)13-14(18-10-9-17-13)12-6-2-4-8-16-12;4*1-3-7-11-9(5-1)10-6-2-4-8-12-10;;/h9-12H,1-8H2;4*9-10H,1-8H2;;/q-4;4*-2;2*+6. The molecule has 0 N–H and O–H groups in total. The van der Waals surface area contributed by atoms with Gasteiger partial charge in [-0.15, -0.1) is 77.5 Å². The van der Waals surface area contributed by atoms with Crippen LogP contribution in [0.1, 0.15) is 193 Å². The van der Waals surface area contributed by atoms with Crippen LogP contribution < -0.4 is 0 Å². The van der Waals surface area contributed by atoms with Gasteiger partial charge in [-0.2, -0.15) is 72.1 Å². The van der Waals surface area contributed by atoms with E-state index >= 15 is 0 Å². The first-order valence-electron chi connectivity index (χ1n) is 28.3. The Morgan fingerprint density at radius 1 is 0.221 bits per heavy atom. The molecular formula is C54H92N12Ru2. The van der Waals surface area contributed by atoms with Gasteiger partial charge in [0.15, 0.2) is 0 Å². The van der Waals surface area contributed by atoms with Gasteiger partial charge in [-0.1, -0.05) is 193 Å². The maximum Gasteiger partial charge on any atom is 6.00 e. The van der Waals surface area contributed by atoms with Gasteiger partial charge in [0.1, 0.15) is 0 Å². The summed E-state index contributed by atoms with van der Waals surface area (Å²) in [5.74, 6) is 0. The maximum atomic E-state index is 4.71. The van der Waals surface area contributed by atoms with Gasteiger partial charge in [0, 0.05) is 0 Å². The van der Waals surface area contributed by atoms with Crippen molar-refractivity contribution in [2.45, 2.75) is 253 Å². The molecule has 11 heterocycles. The molecule has 10 saturated heterocycles. The second-order valence-corrected chi connectivity index (χ2v) is 20.9. The van der Waals surface area contributed by atoms with E-state index in [1.54, 1.807) is 12.4 Å². The van der Waals surface area contributed by atoms with Gasteiger partial charge in [0.2, 0.25) is 0 Å². The van der Waals surface area contributed by atoms with Crippen LogP contribution in [-0.2, 0) is 39.0 Å². The fraction of sp³-hybridized carbons (Fsp3) is 0.926. The molecule has 0 radical (unpaired) electrons. The Hall–Kier alpha value is -0.0732. The van der Waals surface area contributed by atoms with Crippen molar-refractivity contribution in [3.63, 3.8) is 0 Å². The SMILES string of the molecule is C1=C[N-]C(C2CCCC[N-]2)=C(C2CCCC[N-]2)[N-]1.C1CCC(C2CCCC[N-]2)[N-]C1.C1CCC(C2CCCC[N-]2)[N-]C1.C1CCC(C2CCCC[N-]2)[N-]C1.C1CCC(C2CCCC[N-]2)[N-]C1.[Ru+6].[Ru+6]. The molecule has 14 heteroatoms. The summed E-state index contributed by atoms with van der Waals surface area (Å²) < 4.78 is 0. The number of hydrogen-bond acceptors (Lipinski definition) is 0. The molecule has 0 aromatic carbocycles. The van der Waals surface area contributed by atoms with Gasteiger partial charge in [-0.25, -0.2) is 0 Å². The third-order valence-corrected chi connectivity index (χ3v) is 15.8. The van der Waals surface area contributed by atoms with Gasteiger partial charge in [-0.05, 0) is 0 Å². The molecule has 0 bridgehead atoms. The van der Waals surface area contributed by atoms with Crippen LogP contribution in [0.3, 0.4) is 0 Å². The third-order valence-electron chi connectivity index (χ3n) is 15.8. The fourth-order valence-corrected chi connectivity index (χ4v) is 11.9. The van der Waals surface area contributed by atoms with E-state index in [-0.39, 0.29) is 51.0 Å². The van der Waals surface area contributed by atoms with Gasteiger partial charge < -0.3 is 63.8 Å².